The maximum absolute atomic E-state index is 12.4. The number of nitrogens with one attached hydrogen (secondary N) is 1. The molecule has 23 heavy (non-hydrogen) atoms. The number of fused-ring (bicyclic) bond motifs is 1. The molecule has 1 aromatic rings. The zero-order valence-corrected chi connectivity index (χ0v) is 12.9. The van der Waals surface area contributed by atoms with Gasteiger partial charge in [-0.1, -0.05) is 6.07 Å². The quantitative estimate of drug-likeness (QED) is 0.663. The van der Waals surface area contributed by atoms with Gasteiger partial charge in [0.25, 0.3) is 0 Å². The average molecular weight is 326 g/mol. The number of benzene rings is 1. The van der Waals surface area contributed by atoms with Gasteiger partial charge in [-0.2, -0.15) is 13.2 Å². The maximum Gasteiger partial charge on any atom is 0.401 e. The van der Waals surface area contributed by atoms with Crippen molar-refractivity contribution in [2.45, 2.75) is 37.9 Å². The average Bonchev–Trinajstić information content (AvgIpc) is 3.05. The highest BCUT2D eigenvalue weighted by Gasteiger charge is 2.34. The van der Waals surface area contributed by atoms with Gasteiger partial charge in [-0.05, 0) is 48.9 Å². The van der Waals surface area contributed by atoms with Crippen LogP contribution in [0.3, 0.4) is 0 Å². The second-order valence-electron chi connectivity index (χ2n) is 6.27. The van der Waals surface area contributed by atoms with Gasteiger partial charge in [0.2, 0.25) is 0 Å². The Kier molecular flexibility index (Phi) is 4.48. The van der Waals surface area contributed by atoms with E-state index in [9.17, 15) is 13.2 Å². The van der Waals surface area contributed by atoms with Crippen molar-refractivity contribution in [3.05, 3.63) is 29.3 Å². The summed E-state index contributed by atoms with van der Waals surface area (Å²) in [5.41, 5.74) is 9.50. The molecule has 1 aliphatic heterocycles. The highest BCUT2D eigenvalue weighted by atomic mass is 19.4. The van der Waals surface area contributed by atoms with Gasteiger partial charge in [0.05, 0.1) is 12.6 Å². The number of alkyl halides is 3. The molecule has 1 atom stereocenters. The summed E-state index contributed by atoms with van der Waals surface area (Å²) in [6.45, 7) is -0.178. The molecule has 0 saturated carbocycles. The van der Waals surface area contributed by atoms with Crippen molar-refractivity contribution in [2.24, 2.45) is 10.7 Å². The number of nitrogens with zero attached hydrogens (tertiary/aromatic N) is 2. The van der Waals surface area contributed by atoms with Gasteiger partial charge >= 0.3 is 6.18 Å². The van der Waals surface area contributed by atoms with E-state index < -0.39 is 12.7 Å². The second-order valence-corrected chi connectivity index (χ2v) is 6.27. The summed E-state index contributed by atoms with van der Waals surface area (Å²) < 4.78 is 37.1. The Bertz CT molecular complexity index is 597. The topological polar surface area (TPSA) is 53.6 Å². The molecule has 126 valence electrons. The molecule has 0 bridgehead atoms. The number of guanidine groups is 1. The lowest BCUT2D eigenvalue weighted by Crippen LogP contribution is -2.33. The Morgan fingerprint density at radius 3 is 2.87 bits per heavy atom. The first kappa shape index (κ1) is 16.1. The Morgan fingerprint density at radius 1 is 1.30 bits per heavy atom. The van der Waals surface area contributed by atoms with Crippen LogP contribution in [0.2, 0.25) is 0 Å². The summed E-state index contributed by atoms with van der Waals surface area (Å²) >= 11 is 0. The number of hydrogen-bond donors (Lipinski definition) is 2. The normalized spacial score (nSPS) is 22.4. The van der Waals surface area contributed by atoms with Gasteiger partial charge in [-0.3, -0.25) is 4.90 Å². The summed E-state index contributed by atoms with van der Waals surface area (Å²) in [5.74, 6) is 0.266. The smallest absolute Gasteiger partial charge is 0.370 e. The second kappa shape index (κ2) is 6.39. The van der Waals surface area contributed by atoms with Crippen molar-refractivity contribution in [2.75, 3.05) is 25.0 Å². The lowest BCUT2D eigenvalue weighted by molar-refractivity contribution is -0.143. The molecule has 1 fully saturated rings. The summed E-state index contributed by atoms with van der Waals surface area (Å²) in [4.78, 5) is 5.69. The Balaban J connectivity index is 1.56. The Labute approximate surface area is 133 Å². The molecule has 0 amide bonds. The van der Waals surface area contributed by atoms with Crippen molar-refractivity contribution in [3.8, 4) is 0 Å². The molecule has 0 aromatic heterocycles. The van der Waals surface area contributed by atoms with Gasteiger partial charge in [-0.15, -0.1) is 0 Å². The molecule has 2 aliphatic rings. The number of aliphatic imine (C=N–C) groups is 1. The summed E-state index contributed by atoms with van der Waals surface area (Å²) in [5, 5.41) is 3.05. The predicted molar refractivity (Wildman–Crippen MR) is 84.6 cm³/mol. The van der Waals surface area contributed by atoms with Gasteiger partial charge < -0.3 is 11.1 Å². The maximum atomic E-state index is 12.4. The van der Waals surface area contributed by atoms with Crippen molar-refractivity contribution < 1.29 is 13.2 Å². The molecule has 0 radical (unpaired) electrons. The van der Waals surface area contributed by atoms with Crippen LogP contribution < -0.4 is 11.1 Å². The van der Waals surface area contributed by atoms with Gasteiger partial charge in [0.15, 0.2) is 5.96 Å². The monoisotopic (exact) mass is 326 g/mol. The largest absolute Gasteiger partial charge is 0.401 e. The van der Waals surface area contributed by atoms with Crippen LogP contribution in [0.15, 0.2) is 23.2 Å². The molecule has 3 rings (SSSR count). The minimum atomic E-state index is -4.16. The van der Waals surface area contributed by atoms with E-state index in [1.165, 1.54) is 22.4 Å². The predicted octanol–water partition coefficient (Wildman–Crippen LogP) is 2.54. The number of aryl methyl sites for hydroxylation is 2. The minimum absolute atomic E-state index is 0.181. The number of halogens is 3. The molecule has 1 unspecified atom stereocenters. The first-order chi connectivity index (χ1) is 10.9. The van der Waals surface area contributed by atoms with Crippen LogP contribution in [0, 0.1) is 0 Å². The molecular weight excluding hydrogens is 305 g/mol. The number of rotatable bonds is 3. The number of hydrogen-bond acceptors (Lipinski definition) is 2. The van der Waals surface area contributed by atoms with E-state index in [4.69, 9.17) is 5.73 Å². The summed E-state index contributed by atoms with van der Waals surface area (Å²) in [7, 11) is 0. The van der Waals surface area contributed by atoms with Gasteiger partial charge in [-0.25, -0.2) is 4.99 Å². The highest BCUT2D eigenvalue weighted by molar-refractivity contribution is 5.92. The van der Waals surface area contributed by atoms with E-state index in [0.29, 0.717) is 19.5 Å². The summed E-state index contributed by atoms with van der Waals surface area (Å²) in [6.07, 6.45) is -0.178. The minimum Gasteiger partial charge on any atom is -0.370 e. The van der Waals surface area contributed by atoms with Crippen LogP contribution in [0.5, 0.6) is 0 Å². The molecule has 1 saturated heterocycles. The van der Waals surface area contributed by atoms with E-state index in [1.807, 2.05) is 6.07 Å². The molecule has 7 heteroatoms. The molecule has 1 aliphatic carbocycles. The fourth-order valence-electron chi connectivity index (χ4n) is 3.34. The van der Waals surface area contributed by atoms with Gasteiger partial charge in [0.1, 0.15) is 0 Å². The molecule has 4 nitrogen and oxygen atoms in total. The lowest BCUT2D eigenvalue weighted by atomic mass is 10.1. The molecule has 1 aromatic carbocycles. The molecule has 0 spiro atoms. The van der Waals surface area contributed by atoms with E-state index in [2.05, 4.69) is 22.4 Å². The first-order valence-corrected chi connectivity index (χ1v) is 7.90. The lowest BCUT2D eigenvalue weighted by Gasteiger charge is -2.17. The van der Waals surface area contributed by atoms with Crippen LogP contribution >= 0.6 is 0 Å². The summed E-state index contributed by atoms with van der Waals surface area (Å²) in [6, 6.07) is 5.96. The standard InChI is InChI=1S/C16H21F3N4/c17-16(18,19)10-23-7-6-14(9-23)22-15(20)21-13-5-4-11-2-1-3-12(11)8-13/h4-5,8,14H,1-3,6-7,9-10H2,(H3,20,21,22). The van der Waals surface area contributed by atoms with E-state index in [-0.39, 0.29) is 12.0 Å². The first-order valence-electron chi connectivity index (χ1n) is 7.90. The fourth-order valence-corrected chi connectivity index (χ4v) is 3.34. The van der Waals surface area contributed by atoms with E-state index in [0.717, 1.165) is 18.5 Å². The van der Waals surface area contributed by atoms with Crippen LogP contribution in [0.25, 0.3) is 0 Å². The molecular formula is C16H21F3N4. The third-order valence-electron chi connectivity index (χ3n) is 4.34. The van der Waals surface area contributed by atoms with Crippen LogP contribution in [0.4, 0.5) is 18.9 Å². The Hall–Kier alpha value is -1.76. The van der Waals surface area contributed by atoms with E-state index >= 15 is 0 Å². The molecule has 1 heterocycles. The van der Waals surface area contributed by atoms with Crippen molar-refractivity contribution in [1.82, 2.24) is 4.90 Å². The van der Waals surface area contributed by atoms with E-state index in [1.54, 1.807) is 0 Å². The van der Waals surface area contributed by atoms with Crippen molar-refractivity contribution in [3.63, 3.8) is 0 Å². The number of nitrogens with two attached hydrogens (primary N) is 1. The zero-order valence-electron chi connectivity index (χ0n) is 12.9. The van der Waals surface area contributed by atoms with Crippen LogP contribution in [0.1, 0.15) is 24.0 Å². The third-order valence-corrected chi connectivity index (χ3v) is 4.34. The third kappa shape index (κ3) is 4.37. The number of likely N-dealkylation sites (tertiary alicyclic amines) is 1. The molecule has 3 N–H and O–H groups in total. The van der Waals surface area contributed by atoms with Crippen molar-refractivity contribution in [1.29, 1.82) is 0 Å². The van der Waals surface area contributed by atoms with Crippen LogP contribution in [-0.4, -0.2) is 42.7 Å². The van der Waals surface area contributed by atoms with Crippen LogP contribution in [-0.2, 0) is 12.8 Å². The van der Waals surface area contributed by atoms with Gasteiger partial charge in [0, 0.05) is 18.8 Å². The number of anilines is 1. The SMILES string of the molecule is NC(=NC1CCN(CC(F)(F)F)C1)Nc1ccc2c(c1)CCC2. The highest BCUT2D eigenvalue weighted by Crippen LogP contribution is 2.25. The van der Waals surface area contributed by atoms with Crippen molar-refractivity contribution >= 4 is 11.6 Å². The fraction of sp³-hybridized carbons (Fsp3) is 0.562. The zero-order chi connectivity index (χ0) is 16.4. The Morgan fingerprint density at radius 2 is 2.09 bits per heavy atom.